The van der Waals surface area contributed by atoms with Gasteiger partial charge in [-0.15, -0.1) is 17.8 Å². The molecule has 0 saturated carbocycles. The smallest absolute Gasteiger partial charge is 0.234 e. The monoisotopic (exact) mass is 311 g/mol. The Morgan fingerprint density at radius 2 is 2.05 bits per heavy atom. The fraction of sp³-hybridized carbons (Fsp3) is 0.500. The Hall–Kier alpha value is -1.06. The predicted octanol–water partition coefficient (Wildman–Crippen LogP) is 1.27. The predicted molar refractivity (Wildman–Crippen MR) is 82.9 cm³/mol. The van der Waals surface area contributed by atoms with Crippen molar-refractivity contribution in [3.8, 4) is 12.3 Å². The molecule has 0 bridgehead atoms. The van der Waals surface area contributed by atoms with Crippen molar-refractivity contribution in [2.45, 2.75) is 6.54 Å². The lowest BCUT2D eigenvalue weighted by Gasteiger charge is -2.33. The van der Waals surface area contributed by atoms with E-state index in [4.69, 9.17) is 18.0 Å². The van der Waals surface area contributed by atoms with E-state index in [1.54, 1.807) is 11.3 Å². The Labute approximate surface area is 128 Å². The summed E-state index contributed by atoms with van der Waals surface area (Å²) in [6.07, 6.45) is 5.11. The molecule has 2 rings (SSSR count). The number of piperazine rings is 1. The van der Waals surface area contributed by atoms with Crippen LogP contribution < -0.4 is 5.32 Å². The summed E-state index contributed by atoms with van der Waals surface area (Å²) in [5.74, 6) is 2.41. The molecule has 4 nitrogen and oxygen atoms in total. The van der Waals surface area contributed by atoms with Crippen molar-refractivity contribution in [3.05, 3.63) is 21.3 Å². The maximum Gasteiger partial charge on any atom is 0.234 e. The number of carbonyl (C=O) groups is 1. The van der Waals surface area contributed by atoms with Gasteiger partial charge in [0.2, 0.25) is 5.91 Å². The Balaban J connectivity index is 1.70. The first kappa shape index (κ1) is 15.3. The quantitative estimate of drug-likeness (QED) is 0.832. The molecule has 6 heteroatoms. The van der Waals surface area contributed by atoms with Crippen molar-refractivity contribution in [1.29, 1.82) is 0 Å². The van der Waals surface area contributed by atoms with E-state index < -0.39 is 0 Å². The van der Waals surface area contributed by atoms with E-state index in [1.807, 2.05) is 6.07 Å². The molecule has 2 heterocycles. The summed E-state index contributed by atoms with van der Waals surface area (Å²) < 4.78 is 0.837. The Kier molecular flexibility index (Phi) is 5.86. The van der Waals surface area contributed by atoms with E-state index in [1.165, 1.54) is 4.88 Å². The third-order valence-corrected chi connectivity index (χ3v) is 4.44. The van der Waals surface area contributed by atoms with Crippen molar-refractivity contribution >= 4 is 28.8 Å². The Morgan fingerprint density at radius 3 is 2.65 bits per heavy atom. The van der Waals surface area contributed by atoms with E-state index >= 15 is 0 Å². The summed E-state index contributed by atoms with van der Waals surface area (Å²) in [7, 11) is 0. The van der Waals surface area contributed by atoms with Gasteiger partial charge in [-0.25, -0.2) is 0 Å². The van der Waals surface area contributed by atoms with Crippen LogP contribution in [0.5, 0.6) is 0 Å². The van der Waals surface area contributed by atoms with Crippen LogP contribution in [0.1, 0.15) is 4.88 Å². The molecule has 0 aliphatic carbocycles. The van der Waals surface area contributed by atoms with Crippen LogP contribution in [0.15, 0.2) is 12.1 Å². The molecule has 108 valence electrons. The van der Waals surface area contributed by atoms with Gasteiger partial charge in [0, 0.05) is 37.6 Å². The van der Waals surface area contributed by atoms with Gasteiger partial charge in [-0.1, -0.05) is 17.5 Å². The van der Waals surface area contributed by atoms with Crippen LogP contribution in [0.25, 0.3) is 0 Å². The second kappa shape index (κ2) is 7.65. The number of rotatable bonds is 5. The summed E-state index contributed by atoms with van der Waals surface area (Å²) in [5, 5.41) is 2.69. The van der Waals surface area contributed by atoms with Gasteiger partial charge in [-0.05, 0) is 12.1 Å². The van der Waals surface area contributed by atoms with Crippen molar-refractivity contribution in [1.82, 2.24) is 15.1 Å². The molecule has 1 aromatic heterocycles. The van der Waals surface area contributed by atoms with Crippen LogP contribution in [0, 0.1) is 12.3 Å². The van der Waals surface area contributed by atoms with Crippen LogP contribution in [-0.2, 0) is 11.3 Å². The van der Waals surface area contributed by atoms with Crippen LogP contribution in [0.2, 0.25) is 4.34 Å². The molecule has 20 heavy (non-hydrogen) atoms. The number of carbonyl (C=O) groups excluding carboxylic acids is 1. The molecule has 1 aromatic rings. The van der Waals surface area contributed by atoms with Gasteiger partial charge < -0.3 is 5.32 Å². The number of hydrogen-bond donors (Lipinski definition) is 1. The van der Waals surface area contributed by atoms with Gasteiger partial charge in [0.15, 0.2) is 0 Å². The molecule has 0 aromatic carbocycles. The van der Waals surface area contributed by atoms with Crippen molar-refractivity contribution in [2.75, 3.05) is 39.3 Å². The lowest BCUT2D eigenvalue weighted by Crippen LogP contribution is -2.49. The first-order valence-corrected chi connectivity index (χ1v) is 7.76. The molecular weight excluding hydrogens is 294 g/mol. The topological polar surface area (TPSA) is 35.6 Å². The average Bonchev–Trinajstić information content (AvgIpc) is 2.84. The molecule has 1 aliphatic rings. The number of halogens is 1. The molecular formula is C14H18ClN3OS. The minimum absolute atomic E-state index is 0.00133. The van der Waals surface area contributed by atoms with E-state index in [0.717, 1.165) is 37.1 Å². The molecule has 0 atom stereocenters. The summed E-state index contributed by atoms with van der Waals surface area (Å²) >= 11 is 7.56. The first-order valence-electron chi connectivity index (χ1n) is 6.56. The highest BCUT2D eigenvalue weighted by molar-refractivity contribution is 7.16. The molecule has 0 unspecified atom stereocenters. The highest BCUT2D eigenvalue weighted by Gasteiger charge is 2.19. The largest absolute Gasteiger partial charge is 0.344 e. The van der Waals surface area contributed by atoms with Gasteiger partial charge in [0.1, 0.15) is 0 Å². The zero-order chi connectivity index (χ0) is 14.4. The lowest BCUT2D eigenvalue weighted by atomic mass is 10.3. The number of terminal acetylenes is 1. The Morgan fingerprint density at radius 1 is 1.35 bits per heavy atom. The molecule has 1 N–H and O–H groups in total. The van der Waals surface area contributed by atoms with E-state index in [-0.39, 0.29) is 5.91 Å². The summed E-state index contributed by atoms with van der Waals surface area (Å²) in [5.41, 5.74) is 0. The van der Waals surface area contributed by atoms with Gasteiger partial charge in [-0.3, -0.25) is 14.6 Å². The third kappa shape index (κ3) is 4.80. The zero-order valence-electron chi connectivity index (χ0n) is 11.3. The second-order valence-electron chi connectivity index (χ2n) is 4.74. The molecule has 1 aliphatic heterocycles. The van der Waals surface area contributed by atoms with Gasteiger partial charge in [-0.2, -0.15) is 0 Å². The standard InChI is InChI=1S/C14H18ClN3OS/c1-2-5-16-14(19)11-18-8-6-17(7-9-18)10-12-3-4-13(15)20-12/h1,3-4H,5-11H2,(H,16,19). The summed E-state index contributed by atoms with van der Waals surface area (Å²) in [4.78, 5) is 17.4. The number of thiophene rings is 1. The maximum atomic E-state index is 11.6. The highest BCUT2D eigenvalue weighted by atomic mass is 35.5. The SMILES string of the molecule is C#CCNC(=O)CN1CCN(Cc2ccc(Cl)s2)CC1. The van der Waals surface area contributed by atoms with Crippen molar-refractivity contribution < 1.29 is 4.79 Å². The van der Waals surface area contributed by atoms with Crippen LogP contribution in [0.3, 0.4) is 0 Å². The van der Waals surface area contributed by atoms with E-state index in [9.17, 15) is 4.79 Å². The third-order valence-electron chi connectivity index (χ3n) is 3.23. The van der Waals surface area contributed by atoms with Gasteiger partial charge in [0.25, 0.3) is 0 Å². The first-order chi connectivity index (χ1) is 9.67. The van der Waals surface area contributed by atoms with Crippen LogP contribution >= 0.6 is 22.9 Å². The molecule has 1 amide bonds. The zero-order valence-corrected chi connectivity index (χ0v) is 12.8. The van der Waals surface area contributed by atoms with Crippen LogP contribution in [0.4, 0.5) is 0 Å². The molecule has 0 radical (unpaired) electrons. The van der Waals surface area contributed by atoms with E-state index in [2.05, 4.69) is 27.1 Å². The number of hydrogen-bond acceptors (Lipinski definition) is 4. The normalized spacial score (nSPS) is 16.8. The average molecular weight is 312 g/mol. The highest BCUT2D eigenvalue weighted by Crippen LogP contribution is 2.23. The minimum Gasteiger partial charge on any atom is -0.344 e. The summed E-state index contributed by atoms with van der Waals surface area (Å²) in [6, 6.07) is 4.01. The number of nitrogens with zero attached hydrogens (tertiary/aromatic N) is 2. The van der Waals surface area contributed by atoms with E-state index in [0.29, 0.717) is 13.1 Å². The van der Waals surface area contributed by atoms with Crippen molar-refractivity contribution in [3.63, 3.8) is 0 Å². The van der Waals surface area contributed by atoms with Gasteiger partial charge >= 0.3 is 0 Å². The molecule has 0 spiro atoms. The summed E-state index contributed by atoms with van der Waals surface area (Å²) in [6.45, 7) is 5.42. The molecule has 1 saturated heterocycles. The van der Waals surface area contributed by atoms with Crippen molar-refractivity contribution in [2.24, 2.45) is 0 Å². The molecule has 1 fully saturated rings. The minimum atomic E-state index is 0.00133. The maximum absolute atomic E-state index is 11.6. The second-order valence-corrected chi connectivity index (χ2v) is 6.54. The lowest BCUT2D eigenvalue weighted by molar-refractivity contribution is -0.122. The van der Waals surface area contributed by atoms with Gasteiger partial charge in [0.05, 0.1) is 17.4 Å². The van der Waals surface area contributed by atoms with Crippen LogP contribution in [-0.4, -0.2) is 55.0 Å². The fourth-order valence-corrected chi connectivity index (χ4v) is 3.30. The number of amides is 1. The fourth-order valence-electron chi connectivity index (χ4n) is 2.17. The Bertz CT molecular complexity index is 489. The number of nitrogens with one attached hydrogen (secondary N) is 1.